The van der Waals surface area contributed by atoms with Crippen LogP contribution in [0.4, 0.5) is 0 Å². The predicted molar refractivity (Wildman–Crippen MR) is 92.1 cm³/mol. The quantitative estimate of drug-likeness (QED) is 0.473. The second-order valence-corrected chi connectivity index (χ2v) is 5.01. The smallest absolute Gasteiger partial charge is 0.191 e. The zero-order valence-electron chi connectivity index (χ0n) is 11.8. The SMILES string of the molecule is CCNC(=NCc1cccc(C)c1)NCC1CC1.I. The molecule has 19 heavy (non-hydrogen) atoms. The fraction of sp³-hybridized carbons (Fsp3) is 0.533. The summed E-state index contributed by atoms with van der Waals surface area (Å²) in [6.45, 7) is 6.91. The van der Waals surface area contributed by atoms with E-state index in [1.807, 2.05) is 0 Å². The lowest BCUT2D eigenvalue weighted by molar-refractivity contribution is 0.739. The maximum atomic E-state index is 4.62. The van der Waals surface area contributed by atoms with Crippen molar-refractivity contribution in [2.45, 2.75) is 33.2 Å². The fourth-order valence-corrected chi connectivity index (χ4v) is 1.89. The summed E-state index contributed by atoms with van der Waals surface area (Å²) in [4.78, 5) is 4.62. The molecule has 1 saturated carbocycles. The molecule has 0 saturated heterocycles. The molecule has 0 atom stereocenters. The molecule has 4 heteroatoms. The zero-order valence-corrected chi connectivity index (χ0v) is 14.1. The van der Waals surface area contributed by atoms with Crippen LogP contribution < -0.4 is 10.6 Å². The van der Waals surface area contributed by atoms with Crippen LogP contribution in [0.15, 0.2) is 29.3 Å². The van der Waals surface area contributed by atoms with Gasteiger partial charge in [-0.2, -0.15) is 0 Å². The summed E-state index contributed by atoms with van der Waals surface area (Å²) in [5.41, 5.74) is 2.55. The largest absolute Gasteiger partial charge is 0.357 e. The van der Waals surface area contributed by atoms with E-state index in [9.17, 15) is 0 Å². The number of benzene rings is 1. The molecule has 0 aliphatic heterocycles. The lowest BCUT2D eigenvalue weighted by atomic mass is 10.1. The van der Waals surface area contributed by atoms with Crippen LogP contribution in [-0.4, -0.2) is 19.0 Å². The molecule has 1 aromatic carbocycles. The Labute approximate surface area is 133 Å². The Morgan fingerprint density at radius 1 is 1.32 bits per heavy atom. The van der Waals surface area contributed by atoms with Gasteiger partial charge < -0.3 is 10.6 Å². The predicted octanol–water partition coefficient (Wildman–Crippen LogP) is 3.08. The summed E-state index contributed by atoms with van der Waals surface area (Å²) in [6, 6.07) is 8.52. The summed E-state index contributed by atoms with van der Waals surface area (Å²) >= 11 is 0. The number of hydrogen-bond donors (Lipinski definition) is 2. The lowest BCUT2D eigenvalue weighted by Crippen LogP contribution is -2.38. The number of aryl methyl sites for hydroxylation is 1. The van der Waals surface area contributed by atoms with E-state index in [1.54, 1.807) is 0 Å². The van der Waals surface area contributed by atoms with Gasteiger partial charge in [0.15, 0.2) is 5.96 Å². The van der Waals surface area contributed by atoms with Crippen molar-refractivity contribution in [2.75, 3.05) is 13.1 Å². The molecule has 2 N–H and O–H groups in total. The van der Waals surface area contributed by atoms with Crippen LogP contribution in [0.25, 0.3) is 0 Å². The van der Waals surface area contributed by atoms with Gasteiger partial charge in [0.05, 0.1) is 6.54 Å². The number of halogens is 1. The molecule has 0 unspecified atom stereocenters. The van der Waals surface area contributed by atoms with Crippen molar-refractivity contribution in [3.8, 4) is 0 Å². The molecular formula is C15H24IN3. The van der Waals surface area contributed by atoms with Gasteiger partial charge in [0, 0.05) is 13.1 Å². The standard InChI is InChI=1S/C15H23N3.HI/c1-3-16-15(17-10-13-7-8-13)18-11-14-6-4-5-12(2)9-14;/h4-6,9,13H,3,7-8,10-11H2,1-2H3,(H2,16,17,18);1H. The van der Waals surface area contributed by atoms with Crippen LogP contribution in [0.2, 0.25) is 0 Å². The van der Waals surface area contributed by atoms with Crippen LogP contribution in [0.3, 0.4) is 0 Å². The van der Waals surface area contributed by atoms with Gasteiger partial charge in [0.1, 0.15) is 0 Å². The lowest BCUT2D eigenvalue weighted by Gasteiger charge is -2.10. The Morgan fingerprint density at radius 3 is 2.74 bits per heavy atom. The average Bonchev–Trinajstić information content (AvgIpc) is 3.17. The van der Waals surface area contributed by atoms with Crippen LogP contribution in [0.1, 0.15) is 30.9 Å². The maximum absolute atomic E-state index is 4.62. The number of aliphatic imine (C=N–C) groups is 1. The highest BCUT2D eigenvalue weighted by Crippen LogP contribution is 2.27. The molecule has 1 aromatic rings. The first-order valence-corrected chi connectivity index (χ1v) is 6.85. The molecule has 106 valence electrons. The summed E-state index contributed by atoms with van der Waals surface area (Å²) < 4.78 is 0. The van der Waals surface area contributed by atoms with E-state index in [1.165, 1.54) is 24.0 Å². The van der Waals surface area contributed by atoms with Crippen LogP contribution in [0.5, 0.6) is 0 Å². The van der Waals surface area contributed by atoms with E-state index in [-0.39, 0.29) is 24.0 Å². The monoisotopic (exact) mass is 373 g/mol. The molecule has 0 radical (unpaired) electrons. The van der Waals surface area contributed by atoms with Gasteiger partial charge in [0.2, 0.25) is 0 Å². The fourth-order valence-electron chi connectivity index (χ4n) is 1.89. The highest BCUT2D eigenvalue weighted by molar-refractivity contribution is 14.0. The minimum atomic E-state index is 0. The van der Waals surface area contributed by atoms with E-state index in [0.29, 0.717) is 0 Å². The highest BCUT2D eigenvalue weighted by Gasteiger charge is 2.20. The van der Waals surface area contributed by atoms with Gasteiger partial charge in [-0.1, -0.05) is 29.8 Å². The molecule has 1 fully saturated rings. The van der Waals surface area contributed by atoms with Crippen molar-refractivity contribution in [3.05, 3.63) is 35.4 Å². The molecule has 0 aromatic heterocycles. The molecular weight excluding hydrogens is 349 g/mol. The van der Waals surface area contributed by atoms with Gasteiger partial charge in [-0.3, -0.25) is 0 Å². The Bertz CT molecular complexity index is 414. The van der Waals surface area contributed by atoms with E-state index in [2.05, 4.69) is 53.7 Å². The topological polar surface area (TPSA) is 36.4 Å². The second kappa shape index (κ2) is 8.40. The third kappa shape index (κ3) is 6.27. The van der Waals surface area contributed by atoms with Gasteiger partial charge in [-0.15, -0.1) is 24.0 Å². The van der Waals surface area contributed by atoms with Crippen molar-refractivity contribution >= 4 is 29.9 Å². The summed E-state index contributed by atoms with van der Waals surface area (Å²) in [5.74, 6) is 1.80. The van der Waals surface area contributed by atoms with E-state index in [4.69, 9.17) is 0 Å². The molecule has 0 bridgehead atoms. The van der Waals surface area contributed by atoms with E-state index < -0.39 is 0 Å². The first kappa shape index (κ1) is 16.3. The first-order valence-electron chi connectivity index (χ1n) is 6.85. The van der Waals surface area contributed by atoms with Crippen LogP contribution in [0, 0.1) is 12.8 Å². The number of nitrogens with zero attached hydrogens (tertiary/aromatic N) is 1. The van der Waals surface area contributed by atoms with Crippen molar-refractivity contribution in [2.24, 2.45) is 10.9 Å². The molecule has 3 nitrogen and oxygen atoms in total. The maximum Gasteiger partial charge on any atom is 0.191 e. The molecule has 1 aliphatic carbocycles. The Hall–Kier alpha value is -0.780. The first-order chi connectivity index (χ1) is 8.78. The zero-order chi connectivity index (χ0) is 12.8. The van der Waals surface area contributed by atoms with Crippen molar-refractivity contribution in [1.82, 2.24) is 10.6 Å². The summed E-state index contributed by atoms with van der Waals surface area (Å²) in [6.07, 6.45) is 2.73. The van der Waals surface area contributed by atoms with Crippen molar-refractivity contribution < 1.29 is 0 Å². The molecule has 1 aliphatic rings. The molecule has 0 heterocycles. The Morgan fingerprint density at radius 2 is 2.11 bits per heavy atom. The number of guanidine groups is 1. The molecule has 0 spiro atoms. The molecule has 0 amide bonds. The molecule has 2 rings (SSSR count). The van der Waals surface area contributed by atoms with E-state index in [0.717, 1.165) is 31.5 Å². The Kier molecular flexibility index (Phi) is 7.20. The minimum Gasteiger partial charge on any atom is -0.357 e. The number of nitrogens with one attached hydrogen (secondary N) is 2. The van der Waals surface area contributed by atoms with Crippen LogP contribution >= 0.6 is 24.0 Å². The Balaban J connectivity index is 0.00000180. The van der Waals surface area contributed by atoms with Gasteiger partial charge in [0.25, 0.3) is 0 Å². The number of hydrogen-bond acceptors (Lipinski definition) is 1. The van der Waals surface area contributed by atoms with Gasteiger partial charge in [-0.25, -0.2) is 4.99 Å². The average molecular weight is 373 g/mol. The second-order valence-electron chi connectivity index (χ2n) is 5.01. The van der Waals surface area contributed by atoms with Gasteiger partial charge >= 0.3 is 0 Å². The minimum absolute atomic E-state index is 0. The third-order valence-electron chi connectivity index (χ3n) is 3.10. The highest BCUT2D eigenvalue weighted by atomic mass is 127. The normalized spacial score (nSPS) is 14.7. The number of rotatable bonds is 5. The van der Waals surface area contributed by atoms with Crippen molar-refractivity contribution in [1.29, 1.82) is 0 Å². The van der Waals surface area contributed by atoms with Gasteiger partial charge in [-0.05, 0) is 38.2 Å². The van der Waals surface area contributed by atoms with Crippen molar-refractivity contribution in [3.63, 3.8) is 0 Å². The summed E-state index contributed by atoms with van der Waals surface area (Å²) in [5, 5.41) is 6.70. The third-order valence-corrected chi connectivity index (χ3v) is 3.10. The summed E-state index contributed by atoms with van der Waals surface area (Å²) in [7, 11) is 0. The van der Waals surface area contributed by atoms with Crippen LogP contribution in [-0.2, 0) is 6.54 Å². The van der Waals surface area contributed by atoms with E-state index >= 15 is 0 Å².